The third-order valence-electron chi connectivity index (χ3n) is 4.50. The fraction of sp³-hybridized carbons (Fsp3) is 1.00. The first-order chi connectivity index (χ1) is 10.2. The summed E-state index contributed by atoms with van der Waals surface area (Å²) in [6.45, 7) is 7.88. The Balaban J connectivity index is 1.46. The van der Waals surface area contributed by atoms with E-state index in [1.54, 1.807) is 0 Å². The minimum absolute atomic E-state index is 0.370. The van der Waals surface area contributed by atoms with E-state index in [-0.39, 0.29) is 6.10 Å². The molecule has 0 amide bonds. The van der Waals surface area contributed by atoms with Crippen molar-refractivity contribution in [1.82, 2.24) is 10.2 Å². The Morgan fingerprint density at radius 2 is 2.14 bits per heavy atom. The van der Waals surface area contributed by atoms with E-state index in [0.29, 0.717) is 19.3 Å². The number of nitrogens with one attached hydrogen (secondary N) is 1. The molecular formula is C16H32N2O2S. The van der Waals surface area contributed by atoms with E-state index in [2.05, 4.69) is 17.1 Å². The molecule has 1 saturated carbocycles. The van der Waals surface area contributed by atoms with Gasteiger partial charge in [0.2, 0.25) is 0 Å². The monoisotopic (exact) mass is 316 g/mol. The maximum atomic E-state index is 9.98. The molecule has 1 aliphatic heterocycles. The van der Waals surface area contributed by atoms with E-state index < -0.39 is 0 Å². The van der Waals surface area contributed by atoms with Crippen molar-refractivity contribution in [2.45, 2.75) is 44.8 Å². The number of nitrogens with zero attached hydrogens (tertiary/aromatic N) is 1. The molecule has 0 aromatic rings. The zero-order chi connectivity index (χ0) is 14.9. The van der Waals surface area contributed by atoms with Crippen LogP contribution in [-0.2, 0) is 4.74 Å². The highest BCUT2D eigenvalue weighted by molar-refractivity contribution is 7.99. The quantitative estimate of drug-likeness (QED) is 0.666. The number of rotatable bonds is 8. The summed E-state index contributed by atoms with van der Waals surface area (Å²) in [6, 6.07) is 0. The van der Waals surface area contributed by atoms with Crippen LogP contribution in [0.3, 0.4) is 0 Å². The molecular weight excluding hydrogens is 284 g/mol. The summed E-state index contributed by atoms with van der Waals surface area (Å²) < 4.78 is 5.86. The molecule has 2 aliphatic rings. The first kappa shape index (κ1) is 17.5. The molecule has 124 valence electrons. The van der Waals surface area contributed by atoms with E-state index in [1.165, 1.54) is 37.4 Å². The molecule has 0 aromatic carbocycles. The van der Waals surface area contributed by atoms with Crippen LogP contribution in [-0.4, -0.2) is 73.1 Å². The summed E-state index contributed by atoms with van der Waals surface area (Å²) in [7, 11) is 0. The van der Waals surface area contributed by atoms with Crippen LogP contribution in [0.1, 0.15) is 32.6 Å². The van der Waals surface area contributed by atoms with Crippen molar-refractivity contribution >= 4 is 11.8 Å². The lowest BCUT2D eigenvalue weighted by Gasteiger charge is -2.28. The second kappa shape index (κ2) is 10.1. The van der Waals surface area contributed by atoms with Gasteiger partial charge < -0.3 is 20.1 Å². The molecule has 1 saturated heterocycles. The molecule has 2 rings (SSSR count). The standard InChI is InChI=1S/C16H32N2O2S/c1-14-3-2-4-16(11-14)20-13-15(19)12-17-5-6-18-7-9-21-10-8-18/h14-17,19H,2-13H2,1H3. The molecule has 3 unspecified atom stereocenters. The Labute approximate surface area is 134 Å². The van der Waals surface area contributed by atoms with Gasteiger partial charge in [-0.2, -0.15) is 11.8 Å². The van der Waals surface area contributed by atoms with Gasteiger partial charge in [0.05, 0.1) is 18.8 Å². The van der Waals surface area contributed by atoms with Gasteiger partial charge in [-0.25, -0.2) is 0 Å². The van der Waals surface area contributed by atoms with E-state index in [9.17, 15) is 5.11 Å². The second-order valence-electron chi connectivity index (χ2n) is 6.54. The minimum Gasteiger partial charge on any atom is -0.389 e. The van der Waals surface area contributed by atoms with Crippen LogP contribution < -0.4 is 5.32 Å². The van der Waals surface area contributed by atoms with Gasteiger partial charge in [0.15, 0.2) is 0 Å². The van der Waals surface area contributed by atoms with Gasteiger partial charge in [0, 0.05) is 44.2 Å². The van der Waals surface area contributed by atoms with Gasteiger partial charge in [0.25, 0.3) is 0 Å². The lowest BCUT2D eigenvalue weighted by molar-refractivity contribution is -0.0306. The summed E-state index contributed by atoms with van der Waals surface area (Å²) in [5, 5.41) is 13.3. The molecule has 2 fully saturated rings. The molecule has 21 heavy (non-hydrogen) atoms. The van der Waals surface area contributed by atoms with Crippen LogP contribution in [0.15, 0.2) is 0 Å². The van der Waals surface area contributed by atoms with Crippen molar-refractivity contribution in [2.24, 2.45) is 5.92 Å². The van der Waals surface area contributed by atoms with Crippen molar-refractivity contribution in [2.75, 3.05) is 50.8 Å². The van der Waals surface area contributed by atoms with Gasteiger partial charge >= 0.3 is 0 Å². The van der Waals surface area contributed by atoms with Crippen molar-refractivity contribution in [3.05, 3.63) is 0 Å². The van der Waals surface area contributed by atoms with E-state index in [0.717, 1.165) is 31.8 Å². The molecule has 0 bridgehead atoms. The Morgan fingerprint density at radius 3 is 2.90 bits per heavy atom. The lowest BCUT2D eigenvalue weighted by Crippen LogP contribution is -2.40. The molecule has 0 aromatic heterocycles. The highest BCUT2D eigenvalue weighted by Crippen LogP contribution is 2.25. The minimum atomic E-state index is -0.376. The summed E-state index contributed by atoms with van der Waals surface area (Å²) in [6.07, 6.45) is 4.92. The smallest absolute Gasteiger partial charge is 0.0897 e. The van der Waals surface area contributed by atoms with Crippen LogP contribution in [0, 0.1) is 5.92 Å². The largest absolute Gasteiger partial charge is 0.389 e. The topological polar surface area (TPSA) is 44.7 Å². The van der Waals surface area contributed by atoms with Gasteiger partial charge in [-0.05, 0) is 18.8 Å². The maximum absolute atomic E-state index is 9.98. The summed E-state index contributed by atoms with van der Waals surface area (Å²) in [5.74, 6) is 3.30. The zero-order valence-electron chi connectivity index (χ0n) is 13.4. The lowest BCUT2D eigenvalue weighted by atomic mass is 9.89. The van der Waals surface area contributed by atoms with Gasteiger partial charge in [0.1, 0.15) is 0 Å². The Hall–Kier alpha value is 0.190. The molecule has 5 heteroatoms. The van der Waals surface area contributed by atoms with Crippen LogP contribution in [0.25, 0.3) is 0 Å². The van der Waals surface area contributed by atoms with E-state index in [4.69, 9.17) is 4.74 Å². The summed E-state index contributed by atoms with van der Waals surface area (Å²) in [4.78, 5) is 2.50. The third kappa shape index (κ3) is 7.33. The molecule has 3 atom stereocenters. The number of hydrogen-bond donors (Lipinski definition) is 2. The van der Waals surface area contributed by atoms with Crippen molar-refractivity contribution in [3.8, 4) is 0 Å². The van der Waals surface area contributed by atoms with Crippen LogP contribution in [0.4, 0.5) is 0 Å². The summed E-state index contributed by atoms with van der Waals surface area (Å²) >= 11 is 2.04. The average Bonchev–Trinajstić information content (AvgIpc) is 2.51. The molecule has 2 N–H and O–H groups in total. The SMILES string of the molecule is CC1CCCC(OCC(O)CNCCN2CCSCC2)C1. The van der Waals surface area contributed by atoms with Crippen molar-refractivity contribution in [3.63, 3.8) is 0 Å². The molecule has 0 radical (unpaired) electrons. The number of hydrogen-bond acceptors (Lipinski definition) is 5. The fourth-order valence-electron chi connectivity index (χ4n) is 3.17. The van der Waals surface area contributed by atoms with Crippen molar-refractivity contribution in [1.29, 1.82) is 0 Å². The first-order valence-electron chi connectivity index (χ1n) is 8.54. The Kier molecular flexibility index (Phi) is 8.40. The van der Waals surface area contributed by atoms with Gasteiger partial charge in [-0.15, -0.1) is 0 Å². The molecule has 1 heterocycles. The van der Waals surface area contributed by atoms with Crippen LogP contribution in [0.5, 0.6) is 0 Å². The van der Waals surface area contributed by atoms with Crippen LogP contribution >= 0.6 is 11.8 Å². The number of aliphatic hydroxyl groups excluding tert-OH is 1. The maximum Gasteiger partial charge on any atom is 0.0897 e. The molecule has 0 spiro atoms. The fourth-order valence-corrected chi connectivity index (χ4v) is 4.15. The number of thioether (sulfide) groups is 1. The zero-order valence-corrected chi connectivity index (χ0v) is 14.2. The first-order valence-corrected chi connectivity index (χ1v) is 9.70. The van der Waals surface area contributed by atoms with E-state index in [1.807, 2.05) is 11.8 Å². The Bertz CT molecular complexity index is 275. The highest BCUT2D eigenvalue weighted by Gasteiger charge is 2.20. The highest BCUT2D eigenvalue weighted by atomic mass is 32.2. The van der Waals surface area contributed by atoms with Crippen molar-refractivity contribution < 1.29 is 9.84 Å². The predicted octanol–water partition coefficient (Wildman–Crippen LogP) is 1.58. The molecule has 1 aliphatic carbocycles. The average molecular weight is 317 g/mol. The molecule has 4 nitrogen and oxygen atoms in total. The normalized spacial score (nSPS) is 29.4. The van der Waals surface area contributed by atoms with Crippen LogP contribution in [0.2, 0.25) is 0 Å². The van der Waals surface area contributed by atoms with E-state index >= 15 is 0 Å². The van der Waals surface area contributed by atoms with Gasteiger partial charge in [-0.1, -0.05) is 19.8 Å². The number of aliphatic hydroxyl groups is 1. The Morgan fingerprint density at radius 1 is 1.33 bits per heavy atom. The second-order valence-corrected chi connectivity index (χ2v) is 7.76. The third-order valence-corrected chi connectivity index (χ3v) is 5.44. The predicted molar refractivity (Wildman–Crippen MR) is 90.0 cm³/mol. The van der Waals surface area contributed by atoms with Gasteiger partial charge in [-0.3, -0.25) is 0 Å². The summed E-state index contributed by atoms with van der Waals surface area (Å²) in [5.41, 5.74) is 0. The number of ether oxygens (including phenoxy) is 1.